The Balaban J connectivity index is 2.74. The van der Waals surface area contributed by atoms with E-state index in [0.29, 0.717) is 0 Å². The molecular weight excluding hydrogens is 149 g/mol. The van der Waals surface area contributed by atoms with Gasteiger partial charge in [0.05, 0.1) is 12.5 Å². The van der Waals surface area contributed by atoms with Gasteiger partial charge in [-0.3, -0.25) is 5.21 Å². The highest BCUT2D eigenvalue weighted by atomic mass is 31.0. The van der Waals surface area contributed by atoms with Gasteiger partial charge in [-0.05, 0) is 4.74 Å². The van der Waals surface area contributed by atoms with Gasteiger partial charge >= 0.3 is 0 Å². The highest BCUT2D eigenvalue weighted by Gasteiger charge is 2.45. The maximum absolute atomic E-state index is 9.20. The van der Waals surface area contributed by atoms with Crippen molar-refractivity contribution in [3.05, 3.63) is 0 Å². The zero-order valence-electron chi connectivity index (χ0n) is 5.99. The fourth-order valence-electron chi connectivity index (χ4n) is 1.11. The zero-order valence-corrected chi connectivity index (χ0v) is 7.14. The van der Waals surface area contributed by atoms with E-state index in [1.54, 1.807) is 6.21 Å². The summed E-state index contributed by atoms with van der Waals surface area (Å²) in [6.07, 6.45) is 2.43. The molecule has 0 radical (unpaired) electrons. The quantitative estimate of drug-likeness (QED) is 0.325. The van der Waals surface area contributed by atoms with Gasteiger partial charge in [0.1, 0.15) is 0 Å². The third kappa shape index (κ3) is 1.04. The van der Waals surface area contributed by atoms with Crippen LogP contribution in [0.1, 0.15) is 13.3 Å². The fourth-order valence-corrected chi connectivity index (χ4v) is 1.46. The lowest BCUT2D eigenvalue weighted by atomic mass is 10.0. The van der Waals surface area contributed by atoms with Gasteiger partial charge in [-0.15, -0.1) is 0 Å². The van der Waals surface area contributed by atoms with Crippen molar-refractivity contribution >= 4 is 15.5 Å². The van der Waals surface area contributed by atoms with Crippen molar-refractivity contribution in [2.75, 3.05) is 6.61 Å². The molecule has 1 aliphatic rings. The molecule has 4 heteroatoms. The van der Waals surface area contributed by atoms with Crippen LogP contribution in [0.25, 0.3) is 0 Å². The van der Waals surface area contributed by atoms with Crippen LogP contribution in [0.5, 0.6) is 0 Å². The third-order valence-electron chi connectivity index (χ3n) is 2.10. The number of hydroxylamine groups is 1. The minimum atomic E-state index is -0.380. The molecule has 0 fully saturated rings. The highest BCUT2D eigenvalue weighted by molar-refractivity contribution is 7.18. The fraction of sp³-hybridized carbons (Fsp3) is 0.833. The second-order valence-electron chi connectivity index (χ2n) is 2.87. The van der Waals surface area contributed by atoms with Crippen LogP contribution in [0.3, 0.4) is 0 Å². The first kappa shape index (κ1) is 7.96. The largest absolute Gasteiger partial charge is 0.396 e. The van der Waals surface area contributed by atoms with E-state index in [0.717, 1.165) is 11.2 Å². The van der Waals surface area contributed by atoms with Gasteiger partial charge in [-0.1, -0.05) is 9.24 Å². The smallest absolute Gasteiger partial charge is 0.223 e. The Hall–Kier alpha value is -0.140. The Morgan fingerprint density at radius 3 is 2.70 bits per heavy atom. The van der Waals surface area contributed by atoms with E-state index in [1.165, 1.54) is 0 Å². The highest BCUT2D eigenvalue weighted by Crippen LogP contribution is 2.33. The van der Waals surface area contributed by atoms with Gasteiger partial charge in [-0.2, -0.15) is 0 Å². The molecule has 0 spiro atoms. The van der Waals surface area contributed by atoms with Gasteiger partial charge in [-0.25, -0.2) is 0 Å². The van der Waals surface area contributed by atoms with Crippen LogP contribution in [0, 0.1) is 5.92 Å². The number of rotatable bonds is 1. The van der Waals surface area contributed by atoms with Crippen molar-refractivity contribution < 1.29 is 15.1 Å². The monoisotopic (exact) mass is 162 g/mol. The van der Waals surface area contributed by atoms with E-state index < -0.39 is 0 Å². The molecule has 0 aromatic heterocycles. The molecule has 2 N–H and O–H groups in total. The standard InChI is InChI=1S/C6H13NO2P/c1-6(10)5(4-8)2-3-7(6)9/h3,5,8-9H,2,4,10H2,1H3/q+1/t5?,6-/m1/s1. The molecule has 0 aliphatic carbocycles. The first-order valence-electron chi connectivity index (χ1n) is 3.30. The molecule has 2 unspecified atom stereocenters. The van der Waals surface area contributed by atoms with E-state index in [2.05, 4.69) is 9.24 Å². The summed E-state index contributed by atoms with van der Waals surface area (Å²) in [5.41, 5.74) is 0. The number of hydrogen-bond acceptors (Lipinski definition) is 2. The van der Waals surface area contributed by atoms with Gasteiger partial charge in [0.2, 0.25) is 5.28 Å². The van der Waals surface area contributed by atoms with E-state index in [9.17, 15) is 5.21 Å². The third-order valence-corrected chi connectivity index (χ3v) is 2.84. The molecule has 3 nitrogen and oxygen atoms in total. The maximum Gasteiger partial charge on any atom is 0.223 e. The van der Waals surface area contributed by atoms with Crippen molar-refractivity contribution in [3.8, 4) is 0 Å². The van der Waals surface area contributed by atoms with E-state index in [-0.39, 0.29) is 17.8 Å². The lowest BCUT2D eigenvalue weighted by molar-refractivity contribution is -0.803. The lowest BCUT2D eigenvalue weighted by Gasteiger charge is -2.17. The van der Waals surface area contributed by atoms with Crippen molar-refractivity contribution in [1.29, 1.82) is 0 Å². The molecule has 10 heavy (non-hydrogen) atoms. The van der Waals surface area contributed by atoms with Gasteiger partial charge < -0.3 is 5.11 Å². The summed E-state index contributed by atoms with van der Waals surface area (Å²) in [6.45, 7) is 2.00. The summed E-state index contributed by atoms with van der Waals surface area (Å²) >= 11 is 0. The van der Waals surface area contributed by atoms with E-state index in [4.69, 9.17) is 5.11 Å². The summed E-state index contributed by atoms with van der Waals surface area (Å²) < 4.78 is 1.15. The normalized spacial score (nSPS) is 39.9. The molecule has 1 heterocycles. The first-order chi connectivity index (χ1) is 4.59. The molecule has 0 amide bonds. The first-order valence-corrected chi connectivity index (χ1v) is 3.88. The van der Waals surface area contributed by atoms with E-state index >= 15 is 0 Å². The lowest BCUT2D eigenvalue weighted by Crippen LogP contribution is -2.34. The molecule has 0 aromatic rings. The molecule has 58 valence electrons. The van der Waals surface area contributed by atoms with Crippen molar-refractivity contribution in [2.24, 2.45) is 5.92 Å². The van der Waals surface area contributed by atoms with Crippen LogP contribution < -0.4 is 0 Å². The second kappa shape index (κ2) is 2.48. The molecule has 0 bridgehead atoms. The van der Waals surface area contributed by atoms with Crippen LogP contribution in [0.15, 0.2) is 0 Å². The molecule has 1 rings (SSSR count). The van der Waals surface area contributed by atoms with Gasteiger partial charge in [0, 0.05) is 13.3 Å². The molecular formula is C6H13NO2P+. The number of nitrogens with zero attached hydrogens (tertiary/aromatic N) is 1. The summed E-state index contributed by atoms with van der Waals surface area (Å²) in [6, 6.07) is 0. The van der Waals surface area contributed by atoms with Crippen molar-refractivity contribution in [2.45, 2.75) is 18.6 Å². The van der Waals surface area contributed by atoms with Crippen LogP contribution in [0.4, 0.5) is 0 Å². The molecule has 1 aliphatic heterocycles. The SMILES string of the molecule is C[C@@]1(P)C(CO)CC=[N+]1O. The van der Waals surface area contributed by atoms with Crippen molar-refractivity contribution in [1.82, 2.24) is 0 Å². The van der Waals surface area contributed by atoms with Gasteiger partial charge in [0.25, 0.3) is 0 Å². The summed E-state index contributed by atoms with van der Waals surface area (Å²) in [5, 5.41) is 17.7. The Labute approximate surface area is 62.5 Å². The second-order valence-corrected chi connectivity index (χ2v) is 4.04. The summed E-state index contributed by atoms with van der Waals surface area (Å²) in [5.74, 6) is 0.127. The van der Waals surface area contributed by atoms with Crippen LogP contribution in [-0.2, 0) is 0 Å². The van der Waals surface area contributed by atoms with Crippen LogP contribution in [-0.4, -0.2) is 33.2 Å². The Morgan fingerprint density at radius 1 is 1.90 bits per heavy atom. The Morgan fingerprint density at radius 2 is 2.50 bits per heavy atom. The number of hydrogen-bond donors (Lipinski definition) is 2. The zero-order chi connectivity index (χ0) is 7.78. The number of aliphatic hydroxyl groups is 1. The minimum absolute atomic E-state index is 0.119. The molecule has 3 atom stereocenters. The predicted molar refractivity (Wildman–Crippen MR) is 41.4 cm³/mol. The minimum Gasteiger partial charge on any atom is -0.396 e. The maximum atomic E-state index is 9.20. The summed E-state index contributed by atoms with van der Waals surface area (Å²) in [4.78, 5) is 0. The predicted octanol–water partition coefficient (Wildman–Crippen LogP) is 0.0624. The van der Waals surface area contributed by atoms with E-state index in [1.807, 2.05) is 6.92 Å². The van der Waals surface area contributed by atoms with Gasteiger partial charge in [0.15, 0.2) is 6.21 Å². The molecule has 0 saturated carbocycles. The Kier molecular flexibility index (Phi) is 1.97. The summed E-state index contributed by atoms with van der Waals surface area (Å²) in [7, 11) is 2.54. The van der Waals surface area contributed by atoms with Crippen molar-refractivity contribution in [3.63, 3.8) is 0 Å². The Bertz CT molecular complexity index is 167. The van der Waals surface area contributed by atoms with Crippen LogP contribution in [0.2, 0.25) is 0 Å². The number of aliphatic hydroxyl groups excluding tert-OH is 1. The molecule has 0 aromatic carbocycles. The topological polar surface area (TPSA) is 43.5 Å². The van der Waals surface area contributed by atoms with Crippen LogP contribution >= 0.6 is 9.24 Å². The molecule has 0 saturated heterocycles. The average molecular weight is 162 g/mol. The average Bonchev–Trinajstić information content (AvgIpc) is 2.10.